The highest BCUT2D eigenvalue weighted by Gasteiger charge is 2.21. The lowest BCUT2D eigenvalue weighted by molar-refractivity contribution is -0.120. The highest BCUT2D eigenvalue weighted by molar-refractivity contribution is 5.92. The number of nitrogens with zero attached hydrogens (tertiary/aromatic N) is 1. The van der Waals surface area contributed by atoms with Crippen molar-refractivity contribution in [3.05, 3.63) is 23.9 Å². The predicted molar refractivity (Wildman–Crippen MR) is 67.3 cm³/mol. The molecule has 0 atom stereocenters. The number of carbonyl (C=O) groups is 1. The summed E-state index contributed by atoms with van der Waals surface area (Å²) in [5.41, 5.74) is 6.50. The van der Waals surface area contributed by atoms with Crippen molar-refractivity contribution in [1.29, 1.82) is 0 Å². The van der Waals surface area contributed by atoms with Gasteiger partial charge >= 0.3 is 0 Å². The molecule has 17 heavy (non-hydrogen) atoms. The average Bonchev–Trinajstić information content (AvgIpc) is 2.40. The molecule has 0 radical (unpaired) electrons. The summed E-state index contributed by atoms with van der Waals surface area (Å²) in [5, 5.41) is 2.90. The third-order valence-electron chi connectivity index (χ3n) is 3.33. The molecule has 4 heteroatoms. The van der Waals surface area contributed by atoms with E-state index in [1.165, 1.54) is 6.42 Å². The molecule has 92 valence electrons. The van der Waals surface area contributed by atoms with Gasteiger partial charge in [-0.25, -0.2) is 4.98 Å². The Morgan fingerprint density at radius 3 is 2.88 bits per heavy atom. The van der Waals surface area contributed by atoms with Gasteiger partial charge in [0.05, 0.1) is 0 Å². The van der Waals surface area contributed by atoms with Crippen LogP contribution in [0.2, 0.25) is 0 Å². The molecule has 1 aromatic rings. The molecule has 0 saturated heterocycles. The number of anilines is 1. The Morgan fingerprint density at radius 2 is 2.18 bits per heavy atom. The molecular formula is C13H19N3O. The third-order valence-corrected chi connectivity index (χ3v) is 3.33. The number of hydrogen-bond acceptors (Lipinski definition) is 3. The van der Waals surface area contributed by atoms with Crippen molar-refractivity contribution in [3.8, 4) is 0 Å². The van der Waals surface area contributed by atoms with Crippen LogP contribution in [-0.4, -0.2) is 10.9 Å². The largest absolute Gasteiger partial charge is 0.326 e. The lowest BCUT2D eigenvalue weighted by Gasteiger charge is -2.21. The smallest absolute Gasteiger partial charge is 0.228 e. The number of carbonyl (C=O) groups excluding carboxylic acids is 1. The predicted octanol–water partition coefficient (Wildman–Crippen LogP) is 2.06. The van der Waals surface area contributed by atoms with Crippen molar-refractivity contribution in [2.45, 2.75) is 38.6 Å². The van der Waals surface area contributed by atoms with E-state index in [1.54, 1.807) is 6.20 Å². The van der Waals surface area contributed by atoms with Gasteiger partial charge in [0.15, 0.2) is 0 Å². The highest BCUT2D eigenvalue weighted by atomic mass is 16.1. The molecule has 1 heterocycles. The van der Waals surface area contributed by atoms with Gasteiger partial charge in [0.25, 0.3) is 0 Å². The summed E-state index contributed by atoms with van der Waals surface area (Å²) in [6.07, 6.45) is 7.23. The van der Waals surface area contributed by atoms with Crippen LogP contribution in [0.4, 0.5) is 5.82 Å². The Balaban J connectivity index is 2.01. The second-order valence-corrected chi connectivity index (χ2v) is 4.54. The molecule has 2 rings (SSSR count). The van der Waals surface area contributed by atoms with E-state index < -0.39 is 0 Å². The van der Waals surface area contributed by atoms with Crippen LogP contribution in [-0.2, 0) is 11.3 Å². The molecule has 1 amide bonds. The summed E-state index contributed by atoms with van der Waals surface area (Å²) in [6.45, 7) is 0.397. The molecule has 1 aliphatic carbocycles. The molecule has 1 aliphatic rings. The van der Waals surface area contributed by atoms with Crippen LogP contribution in [0.25, 0.3) is 0 Å². The number of amides is 1. The van der Waals surface area contributed by atoms with Crippen molar-refractivity contribution in [1.82, 2.24) is 4.98 Å². The van der Waals surface area contributed by atoms with E-state index in [0.717, 1.165) is 31.2 Å². The summed E-state index contributed by atoms with van der Waals surface area (Å²) in [5.74, 6) is 0.861. The van der Waals surface area contributed by atoms with E-state index in [4.69, 9.17) is 5.73 Å². The Morgan fingerprint density at radius 1 is 1.41 bits per heavy atom. The fourth-order valence-electron chi connectivity index (χ4n) is 2.30. The van der Waals surface area contributed by atoms with E-state index >= 15 is 0 Å². The van der Waals surface area contributed by atoms with Crippen LogP contribution in [0.3, 0.4) is 0 Å². The second-order valence-electron chi connectivity index (χ2n) is 4.54. The number of pyridine rings is 1. The van der Waals surface area contributed by atoms with Gasteiger partial charge in [0, 0.05) is 24.2 Å². The van der Waals surface area contributed by atoms with Gasteiger partial charge in [-0.05, 0) is 18.9 Å². The fourth-order valence-corrected chi connectivity index (χ4v) is 2.30. The van der Waals surface area contributed by atoms with Gasteiger partial charge < -0.3 is 11.1 Å². The first-order valence-electron chi connectivity index (χ1n) is 6.26. The van der Waals surface area contributed by atoms with Crippen molar-refractivity contribution in [2.24, 2.45) is 11.7 Å². The molecular weight excluding hydrogens is 214 g/mol. The summed E-state index contributed by atoms with van der Waals surface area (Å²) in [6, 6.07) is 3.72. The Labute approximate surface area is 102 Å². The van der Waals surface area contributed by atoms with E-state index in [1.807, 2.05) is 12.1 Å². The normalized spacial score (nSPS) is 16.8. The Kier molecular flexibility index (Phi) is 4.09. The summed E-state index contributed by atoms with van der Waals surface area (Å²) < 4.78 is 0. The van der Waals surface area contributed by atoms with Crippen LogP contribution in [0.5, 0.6) is 0 Å². The van der Waals surface area contributed by atoms with E-state index in [2.05, 4.69) is 10.3 Å². The summed E-state index contributed by atoms with van der Waals surface area (Å²) in [7, 11) is 0. The van der Waals surface area contributed by atoms with E-state index in [-0.39, 0.29) is 11.8 Å². The SMILES string of the molecule is NCc1cccnc1NC(=O)C1CCCCC1. The summed E-state index contributed by atoms with van der Waals surface area (Å²) in [4.78, 5) is 16.2. The number of rotatable bonds is 3. The van der Waals surface area contributed by atoms with Gasteiger partial charge in [-0.15, -0.1) is 0 Å². The quantitative estimate of drug-likeness (QED) is 0.839. The zero-order chi connectivity index (χ0) is 12.1. The Bertz CT molecular complexity index is 386. The second kappa shape index (κ2) is 5.77. The lowest BCUT2D eigenvalue weighted by atomic mass is 9.88. The topological polar surface area (TPSA) is 68.0 Å². The first kappa shape index (κ1) is 12.0. The molecule has 0 aliphatic heterocycles. The maximum Gasteiger partial charge on any atom is 0.228 e. The van der Waals surface area contributed by atoms with Crippen molar-refractivity contribution < 1.29 is 4.79 Å². The van der Waals surface area contributed by atoms with Crippen LogP contribution in [0.15, 0.2) is 18.3 Å². The zero-order valence-electron chi connectivity index (χ0n) is 9.98. The van der Waals surface area contributed by atoms with Gasteiger partial charge in [-0.3, -0.25) is 4.79 Å². The maximum atomic E-state index is 12.0. The molecule has 1 aromatic heterocycles. The molecule has 0 aromatic carbocycles. The number of nitrogens with one attached hydrogen (secondary N) is 1. The van der Waals surface area contributed by atoms with Crippen molar-refractivity contribution in [3.63, 3.8) is 0 Å². The molecule has 0 unspecified atom stereocenters. The first-order valence-corrected chi connectivity index (χ1v) is 6.26. The van der Waals surface area contributed by atoms with E-state index in [9.17, 15) is 4.79 Å². The minimum absolute atomic E-state index is 0.0955. The third kappa shape index (κ3) is 3.03. The van der Waals surface area contributed by atoms with Crippen LogP contribution < -0.4 is 11.1 Å². The molecule has 0 bridgehead atoms. The molecule has 0 spiro atoms. The minimum atomic E-state index is 0.0955. The van der Waals surface area contributed by atoms with Gasteiger partial charge in [0.1, 0.15) is 5.82 Å². The minimum Gasteiger partial charge on any atom is -0.326 e. The van der Waals surface area contributed by atoms with Crippen LogP contribution in [0, 0.1) is 5.92 Å². The molecule has 3 N–H and O–H groups in total. The molecule has 4 nitrogen and oxygen atoms in total. The van der Waals surface area contributed by atoms with Gasteiger partial charge in [-0.2, -0.15) is 0 Å². The monoisotopic (exact) mass is 233 g/mol. The fraction of sp³-hybridized carbons (Fsp3) is 0.538. The molecule has 1 saturated carbocycles. The van der Waals surface area contributed by atoms with E-state index in [0.29, 0.717) is 12.4 Å². The average molecular weight is 233 g/mol. The standard InChI is InChI=1S/C13H19N3O/c14-9-11-7-4-8-15-12(11)16-13(17)10-5-2-1-3-6-10/h4,7-8,10H,1-3,5-6,9,14H2,(H,15,16,17). The lowest BCUT2D eigenvalue weighted by Crippen LogP contribution is -2.26. The number of nitrogens with two attached hydrogens (primary N) is 1. The van der Waals surface area contributed by atoms with Crippen LogP contribution in [0.1, 0.15) is 37.7 Å². The highest BCUT2D eigenvalue weighted by Crippen LogP contribution is 2.25. The van der Waals surface area contributed by atoms with Gasteiger partial charge in [0.2, 0.25) is 5.91 Å². The van der Waals surface area contributed by atoms with Crippen LogP contribution >= 0.6 is 0 Å². The number of hydrogen-bond donors (Lipinski definition) is 2. The first-order chi connectivity index (χ1) is 8.31. The summed E-state index contributed by atoms with van der Waals surface area (Å²) >= 11 is 0. The molecule has 1 fully saturated rings. The maximum absolute atomic E-state index is 12.0. The number of aromatic nitrogens is 1. The van der Waals surface area contributed by atoms with Crippen molar-refractivity contribution in [2.75, 3.05) is 5.32 Å². The zero-order valence-corrected chi connectivity index (χ0v) is 9.98. The van der Waals surface area contributed by atoms with Crippen molar-refractivity contribution >= 4 is 11.7 Å². The van der Waals surface area contributed by atoms with Gasteiger partial charge in [-0.1, -0.05) is 25.3 Å². The Hall–Kier alpha value is -1.42.